The number of carbonyl (C=O) groups is 1. The number of hydrogen-bond donors (Lipinski definition) is 1. The van der Waals surface area contributed by atoms with E-state index in [9.17, 15) is 4.79 Å². The van der Waals surface area contributed by atoms with Crippen molar-refractivity contribution >= 4 is 39.2 Å². The number of thiazole rings is 1. The van der Waals surface area contributed by atoms with Gasteiger partial charge in [0.25, 0.3) is 0 Å². The highest BCUT2D eigenvalue weighted by atomic mass is 32.1. The molecule has 0 aliphatic rings. The van der Waals surface area contributed by atoms with Crippen LogP contribution in [-0.4, -0.2) is 17.5 Å². The third kappa shape index (κ3) is 3.96. The molecule has 5 heteroatoms. The van der Waals surface area contributed by atoms with Crippen LogP contribution in [0.1, 0.15) is 11.9 Å². The number of ether oxygens (including phenoxy) is 1. The Hall–Kier alpha value is -2.66. The third-order valence-electron chi connectivity index (χ3n) is 3.12. The van der Waals surface area contributed by atoms with Crippen molar-refractivity contribution in [1.82, 2.24) is 4.98 Å². The Bertz CT molecular complexity index is 805. The second kappa shape index (κ2) is 7.07. The molecule has 0 fully saturated rings. The zero-order chi connectivity index (χ0) is 16.1. The molecule has 116 valence electrons. The van der Waals surface area contributed by atoms with Crippen molar-refractivity contribution < 1.29 is 9.53 Å². The number of para-hydroxylation sites is 1. The lowest BCUT2D eigenvalue weighted by molar-refractivity contribution is -0.111. The van der Waals surface area contributed by atoms with E-state index in [1.165, 1.54) is 6.08 Å². The first-order valence-electron chi connectivity index (χ1n) is 7.32. The van der Waals surface area contributed by atoms with Gasteiger partial charge in [-0.2, -0.15) is 0 Å². The summed E-state index contributed by atoms with van der Waals surface area (Å²) in [6, 6.07) is 15.2. The van der Waals surface area contributed by atoms with Gasteiger partial charge >= 0.3 is 0 Å². The lowest BCUT2D eigenvalue weighted by Gasteiger charge is -2.05. The molecule has 0 saturated carbocycles. The van der Waals surface area contributed by atoms with Gasteiger partial charge in [0.15, 0.2) is 0 Å². The Balaban J connectivity index is 1.64. The van der Waals surface area contributed by atoms with Crippen molar-refractivity contribution in [2.24, 2.45) is 0 Å². The minimum atomic E-state index is -0.187. The fraction of sp³-hybridized carbons (Fsp3) is 0.111. The average molecular weight is 324 g/mol. The minimum absolute atomic E-state index is 0.187. The molecule has 1 amide bonds. The second-order valence-corrected chi connectivity index (χ2v) is 5.86. The summed E-state index contributed by atoms with van der Waals surface area (Å²) in [6.45, 7) is 2.55. The lowest BCUT2D eigenvalue weighted by Crippen LogP contribution is -2.07. The molecule has 1 N–H and O–H groups in total. The van der Waals surface area contributed by atoms with Crippen molar-refractivity contribution in [3.8, 4) is 5.75 Å². The van der Waals surface area contributed by atoms with Gasteiger partial charge in [0.2, 0.25) is 5.91 Å². The molecule has 0 saturated heterocycles. The highest BCUT2D eigenvalue weighted by Gasteiger charge is 2.02. The number of nitrogens with zero attached hydrogens (tertiary/aromatic N) is 1. The molecule has 0 aliphatic heterocycles. The number of amides is 1. The van der Waals surface area contributed by atoms with E-state index in [0.717, 1.165) is 26.7 Å². The summed E-state index contributed by atoms with van der Waals surface area (Å²) in [5, 5.41) is 3.62. The zero-order valence-electron chi connectivity index (χ0n) is 12.7. The van der Waals surface area contributed by atoms with Crippen molar-refractivity contribution in [3.05, 3.63) is 59.6 Å². The van der Waals surface area contributed by atoms with Crippen LogP contribution >= 0.6 is 11.3 Å². The van der Waals surface area contributed by atoms with Crippen molar-refractivity contribution in [2.75, 3.05) is 11.9 Å². The summed E-state index contributed by atoms with van der Waals surface area (Å²) in [5.41, 5.74) is 1.68. The van der Waals surface area contributed by atoms with Crippen LogP contribution < -0.4 is 10.1 Å². The smallest absolute Gasteiger partial charge is 0.248 e. The van der Waals surface area contributed by atoms with Crippen LogP contribution in [-0.2, 0) is 4.79 Å². The van der Waals surface area contributed by atoms with Gasteiger partial charge < -0.3 is 10.1 Å². The highest BCUT2D eigenvalue weighted by molar-refractivity contribution is 7.19. The largest absolute Gasteiger partial charge is 0.494 e. The molecule has 3 rings (SSSR count). The second-order valence-electron chi connectivity index (χ2n) is 4.80. The number of rotatable bonds is 5. The summed E-state index contributed by atoms with van der Waals surface area (Å²) < 4.78 is 6.48. The molecule has 23 heavy (non-hydrogen) atoms. The molecule has 2 aromatic carbocycles. The van der Waals surface area contributed by atoms with Crippen LogP contribution in [0, 0.1) is 0 Å². The number of nitrogens with one attached hydrogen (secondary N) is 1. The summed E-state index contributed by atoms with van der Waals surface area (Å²) in [4.78, 5) is 16.4. The van der Waals surface area contributed by atoms with Crippen molar-refractivity contribution in [1.29, 1.82) is 0 Å². The zero-order valence-corrected chi connectivity index (χ0v) is 13.5. The molecular weight excluding hydrogens is 308 g/mol. The Labute approximate surface area is 138 Å². The summed E-state index contributed by atoms with van der Waals surface area (Å²) in [7, 11) is 0. The quantitative estimate of drug-likeness (QED) is 0.710. The number of aromatic nitrogens is 1. The van der Waals surface area contributed by atoms with E-state index in [-0.39, 0.29) is 5.91 Å². The fourth-order valence-corrected chi connectivity index (χ4v) is 2.96. The van der Waals surface area contributed by atoms with E-state index in [1.54, 1.807) is 17.4 Å². The van der Waals surface area contributed by atoms with Gasteiger partial charge in [-0.05, 0) is 49.4 Å². The van der Waals surface area contributed by atoms with E-state index < -0.39 is 0 Å². The van der Waals surface area contributed by atoms with Crippen LogP contribution in [0.5, 0.6) is 5.75 Å². The normalized spacial score (nSPS) is 11.0. The van der Waals surface area contributed by atoms with Gasteiger partial charge in [-0.1, -0.05) is 12.1 Å². The third-order valence-corrected chi connectivity index (χ3v) is 4.12. The first-order chi connectivity index (χ1) is 11.2. The number of fused-ring (bicyclic) bond motifs is 1. The van der Waals surface area contributed by atoms with Crippen molar-refractivity contribution in [2.45, 2.75) is 6.92 Å². The van der Waals surface area contributed by atoms with E-state index >= 15 is 0 Å². The molecule has 0 bridgehead atoms. The number of benzene rings is 2. The molecule has 3 aromatic rings. The highest BCUT2D eigenvalue weighted by Crippen LogP contribution is 2.22. The fourth-order valence-electron chi connectivity index (χ4n) is 2.09. The first kappa shape index (κ1) is 15.2. The Morgan fingerprint density at radius 1 is 1.22 bits per heavy atom. The molecule has 1 aromatic heterocycles. The molecule has 1 heterocycles. The van der Waals surface area contributed by atoms with Gasteiger partial charge in [-0.15, -0.1) is 11.3 Å². The Morgan fingerprint density at radius 2 is 2.00 bits per heavy atom. The molecule has 0 spiro atoms. The Kier molecular flexibility index (Phi) is 4.68. The van der Waals surface area contributed by atoms with Crippen LogP contribution in [0.4, 0.5) is 5.69 Å². The van der Waals surface area contributed by atoms with E-state index in [1.807, 2.05) is 55.5 Å². The number of anilines is 1. The van der Waals surface area contributed by atoms with E-state index in [4.69, 9.17) is 4.74 Å². The lowest BCUT2D eigenvalue weighted by atomic mass is 10.3. The first-order valence-corrected chi connectivity index (χ1v) is 8.14. The van der Waals surface area contributed by atoms with Gasteiger partial charge in [0.05, 0.1) is 16.8 Å². The predicted molar refractivity (Wildman–Crippen MR) is 94.9 cm³/mol. The van der Waals surface area contributed by atoms with Crippen LogP contribution in [0.3, 0.4) is 0 Å². The molecule has 0 unspecified atom stereocenters. The molecule has 0 atom stereocenters. The molecule has 4 nitrogen and oxygen atoms in total. The molecule has 0 radical (unpaired) electrons. The maximum atomic E-state index is 12.0. The minimum Gasteiger partial charge on any atom is -0.494 e. The average Bonchev–Trinajstić information content (AvgIpc) is 2.98. The van der Waals surface area contributed by atoms with Crippen LogP contribution in [0.15, 0.2) is 54.6 Å². The van der Waals surface area contributed by atoms with E-state index in [0.29, 0.717) is 6.61 Å². The SMILES string of the molecule is CCOc1ccc(NC(=O)/C=C/c2nc3ccccc3s2)cc1. The number of hydrogen-bond acceptors (Lipinski definition) is 4. The van der Waals surface area contributed by atoms with Gasteiger partial charge in [0.1, 0.15) is 10.8 Å². The summed E-state index contributed by atoms with van der Waals surface area (Å²) in [6.07, 6.45) is 3.22. The van der Waals surface area contributed by atoms with Gasteiger partial charge in [-0.3, -0.25) is 4.79 Å². The standard InChI is InChI=1S/C18H16N2O2S/c1-2-22-14-9-7-13(8-10-14)19-17(21)11-12-18-20-15-5-3-4-6-16(15)23-18/h3-12H,2H2,1H3,(H,19,21)/b12-11+. The van der Waals surface area contributed by atoms with E-state index in [2.05, 4.69) is 10.3 Å². The molecule has 0 aliphatic carbocycles. The monoisotopic (exact) mass is 324 g/mol. The maximum absolute atomic E-state index is 12.0. The number of carbonyl (C=O) groups excluding carboxylic acids is 1. The Morgan fingerprint density at radius 3 is 2.74 bits per heavy atom. The van der Waals surface area contributed by atoms with Crippen LogP contribution in [0.25, 0.3) is 16.3 Å². The summed E-state index contributed by atoms with van der Waals surface area (Å²) in [5.74, 6) is 0.601. The van der Waals surface area contributed by atoms with Gasteiger partial charge in [-0.25, -0.2) is 4.98 Å². The van der Waals surface area contributed by atoms with Crippen LogP contribution in [0.2, 0.25) is 0 Å². The predicted octanol–water partition coefficient (Wildman–Crippen LogP) is 4.35. The maximum Gasteiger partial charge on any atom is 0.248 e. The summed E-state index contributed by atoms with van der Waals surface area (Å²) >= 11 is 1.56. The van der Waals surface area contributed by atoms with Crippen molar-refractivity contribution in [3.63, 3.8) is 0 Å². The topological polar surface area (TPSA) is 51.2 Å². The molecular formula is C18H16N2O2S. The van der Waals surface area contributed by atoms with Gasteiger partial charge in [0, 0.05) is 11.8 Å².